The van der Waals surface area contributed by atoms with Crippen molar-refractivity contribution in [2.75, 3.05) is 6.54 Å². The topological polar surface area (TPSA) is 32.3 Å². The van der Waals surface area contributed by atoms with Crippen molar-refractivity contribution >= 4 is 0 Å². The summed E-state index contributed by atoms with van der Waals surface area (Å²) in [5, 5.41) is 12.8. The average molecular weight is 247 g/mol. The van der Waals surface area contributed by atoms with Gasteiger partial charge in [0.25, 0.3) is 0 Å². The molecule has 0 spiro atoms. The van der Waals surface area contributed by atoms with Gasteiger partial charge >= 0.3 is 0 Å². The van der Waals surface area contributed by atoms with E-state index in [0.29, 0.717) is 24.1 Å². The lowest BCUT2D eigenvalue weighted by atomic mass is 9.98. The molecule has 0 saturated heterocycles. The lowest BCUT2D eigenvalue weighted by Gasteiger charge is -2.20. The Morgan fingerprint density at radius 2 is 2.00 bits per heavy atom. The predicted molar refractivity (Wildman–Crippen MR) is 77.6 cm³/mol. The Labute approximate surface area is 111 Å². The first-order chi connectivity index (χ1) is 8.63. The zero-order valence-corrected chi connectivity index (χ0v) is 11.5. The number of aliphatic hydroxyl groups excluding tert-OH is 1. The molecule has 0 aliphatic rings. The lowest BCUT2D eigenvalue weighted by Crippen LogP contribution is -2.26. The standard InChI is InChI=1S/C16H25NO/c1-4-8-15(11-13(2)18)12-17-14(3)16-9-6-5-7-10-16/h5-7,9-10,14-15,17-18H,2,4,8,11-12H2,1,3H3/t14-,15+/m1/s1. The van der Waals surface area contributed by atoms with Crippen LogP contribution in [-0.2, 0) is 0 Å². The van der Waals surface area contributed by atoms with Gasteiger partial charge in [0.1, 0.15) is 0 Å². The predicted octanol–water partition coefficient (Wildman–Crippen LogP) is 4.22. The third kappa shape index (κ3) is 5.37. The highest BCUT2D eigenvalue weighted by atomic mass is 16.3. The fourth-order valence-corrected chi connectivity index (χ4v) is 2.22. The van der Waals surface area contributed by atoms with Crippen molar-refractivity contribution in [3.63, 3.8) is 0 Å². The number of allylic oxidation sites excluding steroid dienone is 1. The largest absolute Gasteiger partial charge is 0.513 e. The molecule has 0 aromatic heterocycles. The molecule has 1 rings (SSSR count). The zero-order chi connectivity index (χ0) is 13.4. The number of benzene rings is 1. The molecule has 1 aromatic rings. The highest BCUT2D eigenvalue weighted by Crippen LogP contribution is 2.17. The molecule has 2 atom stereocenters. The summed E-state index contributed by atoms with van der Waals surface area (Å²) in [5.41, 5.74) is 1.30. The van der Waals surface area contributed by atoms with E-state index in [2.05, 4.69) is 50.0 Å². The number of rotatable bonds is 8. The van der Waals surface area contributed by atoms with Crippen molar-refractivity contribution in [2.24, 2.45) is 5.92 Å². The van der Waals surface area contributed by atoms with Crippen molar-refractivity contribution < 1.29 is 5.11 Å². The van der Waals surface area contributed by atoms with E-state index < -0.39 is 0 Å². The number of hydrogen-bond donors (Lipinski definition) is 2. The second kappa shape index (κ2) is 7.93. The van der Waals surface area contributed by atoms with E-state index in [1.807, 2.05) is 6.07 Å². The Hall–Kier alpha value is -1.28. The van der Waals surface area contributed by atoms with Gasteiger partial charge in [-0.15, -0.1) is 0 Å². The van der Waals surface area contributed by atoms with Crippen LogP contribution in [0, 0.1) is 5.92 Å². The van der Waals surface area contributed by atoms with Crippen LogP contribution in [0.5, 0.6) is 0 Å². The van der Waals surface area contributed by atoms with Gasteiger partial charge in [-0.05, 0) is 31.4 Å². The van der Waals surface area contributed by atoms with Crippen LogP contribution in [0.25, 0.3) is 0 Å². The van der Waals surface area contributed by atoms with Crippen molar-refractivity contribution in [1.82, 2.24) is 5.32 Å². The number of aliphatic hydroxyl groups is 1. The van der Waals surface area contributed by atoms with Crippen LogP contribution >= 0.6 is 0 Å². The highest BCUT2D eigenvalue weighted by Gasteiger charge is 2.11. The van der Waals surface area contributed by atoms with Gasteiger partial charge in [-0.3, -0.25) is 0 Å². The molecule has 0 aliphatic carbocycles. The summed E-state index contributed by atoms with van der Waals surface area (Å²) in [4.78, 5) is 0. The van der Waals surface area contributed by atoms with E-state index in [4.69, 9.17) is 0 Å². The first-order valence-corrected chi connectivity index (χ1v) is 6.78. The fraction of sp³-hybridized carbons (Fsp3) is 0.500. The van der Waals surface area contributed by atoms with Gasteiger partial charge < -0.3 is 10.4 Å². The van der Waals surface area contributed by atoms with Crippen molar-refractivity contribution in [3.05, 3.63) is 48.2 Å². The van der Waals surface area contributed by atoms with Gasteiger partial charge in [-0.2, -0.15) is 0 Å². The second-order valence-electron chi connectivity index (χ2n) is 4.97. The molecule has 2 N–H and O–H groups in total. The summed E-state index contributed by atoms with van der Waals surface area (Å²) in [5.74, 6) is 0.765. The SMILES string of the molecule is C=C(O)C[C@H](CCC)CN[C@H](C)c1ccccc1. The molecular formula is C16H25NO. The van der Waals surface area contributed by atoms with E-state index in [0.717, 1.165) is 19.4 Å². The molecular weight excluding hydrogens is 222 g/mol. The summed E-state index contributed by atoms with van der Waals surface area (Å²) in [7, 11) is 0. The van der Waals surface area contributed by atoms with Crippen LogP contribution in [0.15, 0.2) is 42.7 Å². The number of nitrogens with one attached hydrogen (secondary N) is 1. The van der Waals surface area contributed by atoms with E-state index in [-0.39, 0.29) is 0 Å². The molecule has 18 heavy (non-hydrogen) atoms. The molecule has 0 heterocycles. The minimum Gasteiger partial charge on any atom is -0.513 e. The lowest BCUT2D eigenvalue weighted by molar-refractivity contribution is 0.327. The molecule has 0 fully saturated rings. The van der Waals surface area contributed by atoms with Gasteiger partial charge in [0.15, 0.2) is 0 Å². The maximum atomic E-state index is 9.31. The molecule has 0 amide bonds. The molecule has 100 valence electrons. The monoisotopic (exact) mass is 247 g/mol. The van der Waals surface area contributed by atoms with E-state index in [9.17, 15) is 5.11 Å². The molecule has 2 heteroatoms. The average Bonchev–Trinajstić information content (AvgIpc) is 2.36. The van der Waals surface area contributed by atoms with Gasteiger partial charge in [0, 0.05) is 12.5 Å². The fourth-order valence-electron chi connectivity index (χ4n) is 2.22. The zero-order valence-electron chi connectivity index (χ0n) is 11.5. The Kier molecular flexibility index (Phi) is 6.51. The van der Waals surface area contributed by atoms with Crippen LogP contribution in [0.2, 0.25) is 0 Å². The summed E-state index contributed by atoms with van der Waals surface area (Å²) in [6, 6.07) is 10.8. The highest BCUT2D eigenvalue weighted by molar-refractivity contribution is 5.17. The van der Waals surface area contributed by atoms with Crippen LogP contribution in [0.1, 0.15) is 44.7 Å². The van der Waals surface area contributed by atoms with Crippen LogP contribution in [-0.4, -0.2) is 11.7 Å². The Morgan fingerprint density at radius 3 is 2.56 bits per heavy atom. The third-order valence-electron chi connectivity index (χ3n) is 3.23. The molecule has 0 bridgehead atoms. The van der Waals surface area contributed by atoms with E-state index >= 15 is 0 Å². The molecule has 0 radical (unpaired) electrons. The Morgan fingerprint density at radius 1 is 1.33 bits per heavy atom. The van der Waals surface area contributed by atoms with Crippen LogP contribution in [0.4, 0.5) is 0 Å². The van der Waals surface area contributed by atoms with Gasteiger partial charge in [0.2, 0.25) is 0 Å². The molecule has 2 nitrogen and oxygen atoms in total. The molecule has 0 saturated carbocycles. The van der Waals surface area contributed by atoms with Crippen molar-refractivity contribution in [2.45, 2.75) is 39.2 Å². The molecule has 1 aromatic carbocycles. The Balaban J connectivity index is 2.44. The first-order valence-electron chi connectivity index (χ1n) is 6.78. The summed E-state index contributed by atoms with van der Waals surface area (Å²) >= 11 is 0. The first kappa shape index (κ1) is 14.8. The van der Waals surface area contributed by atoms with Gasteiger partial charge in [0.05, 0.1) is 5.76 Å². The molecule has 0 unspecified atom stereocenters. The smallest absolute Gasteiger partial charge is 0.0854 e. The normalized spacial score (nSPS) is 14.1. The van der Waals surface area contributed by atoms with Crippen molar-refractivity contribution in [1.29, 1.82) is 0 Å². The Bertz CT molecular complexity index is 347. The van der Waals surface area contributed by atoms with Gasteiger partial charge in [-0.1, -0.05) is 50.3 Å². The van der Waals surface area contributed by atoms with Gasteiger partial charge in [-0.25, -0.2) is 0 Å². The number of hydrogen-bond acceptors (Lipinski definition) is 2. The maximum absolute atomic E-state index is 9.31. The summed E-state index contributed by atoms with van der Waals surface area (Å²) < 4.78 is 0. The van der Waals surface area contributed by atoms with E-state index in [1.54, 1.807) is 0 Å². The minimum absolute atomic E-state index is 0.294. The maximum Gasteiger partial charge on any atom is 0.0854 e. The van der Waals surface area contributed by atoms with Crippen LogP contribution < -0.4 is 5.32 Å². The third-order valence-corrected chi connectivity index (χ3v) is 3.23. The van der Waals surface area contributed by atoms with Crippen molar-refractivity contribution in [3.8, 4) is 0 Å². The van der Waals surface area contributed by atoms with E-state index in [1.165, 1.54) is 5.56 Å². The summed E-state index contributed by atoms with van der Waals surface area (Å²) in [6.45, 7) is 8.86. The summed E-state index contributed by atoms with van der Waals surface area (Å²) in [6.07, 6.45) is 2.95. The molecule has 0 aliphatic heterocycles. The second-order valence-corrected chi connectivity index (χ2v) is 4.97. The quantitative estimate of drug-likeness (QED) is 0.674. The van der Waals surface area contributed by atoms with Crippen LogP contribution in [0.3, 0.4) is 0 Å². The minimum atomic E-state index is 0.294.